The molecular weight excluding hydrogens is 428 g/mol. The van der Waals surface area contributed by atoms with E-state index in [-0.39, 0.29) is 0 Å². The Kier molecular flexibility index (Phi) is 10.8. The minimum absolute atomic E-state index is 0.342. The maximum atomic E-state index is 6.46. The van der Waals surface area contributed by atoms with Crippen molar-refractivity contribution in [3.8, 4) is 0 Å². The van der Waals surface area contributed by atoms with Crippen molar-refractivity contribution < 1.29 is 23.7 Å². The summed E-state index contributed by atoms with van der Waals surface area (Å²) < 4.78 is 31.1. The first-order chi connectivity index (χ1) is 16.8. The quantitative estimate of drug-likeness (QED) is 0.332. The smallest absolute Gasteiger partial charge is 0.143 e. The third-order valence-electron chi connectivity index (χ3n) is 5.29. The molecule has 0 aromatic heterocycles. The van der Waals surface area contributed by atoms with Crippen molar-refractivity contribution in [2.75, 3.05) is 19.8 Å². The van der Waals surface area contributed by atoms with Crippen LogP contribution in [0.25, 0.3) is 0 Å². The monoisotopic (exact) mass is 462 g/mol. The van der Waals surface area contributed by atoms with E-state index in [1.807, 2.05) is 66.7 Å². The summed E-state index contributed by atoms with van der Waals surface area (Å²) in [7, 11) is 0. The van der Waals surface area contributed by atoms with E-state index < -0.39 is 24.4 Å². The highest BCUT2D eigenvalue weighted by atomic mass is 16.6. The first-order valence-corrected chi connectivity index (χ1v) is 11.5. The van der Waals surface area contributed by atoms with Gasteiger partial charge in [-0.15, -0.1) is 13.2 Å². The first-order valence-electron chi connectivity index (χ1n) is 11.5. The van der Waals surface area contributed by atoms with Crippen LogP contribution in [0.1, 0.15) is 11.1 Å². The van der Waals surface area contributed by atoms with Gasteiger partial charge >= 0.3 is 0 Å². The zero-order chi connectivity index (χ0) is 24.0. The fraction of sp³-hybridized carbons (Fsp3) is 0.310. The summed E-state index contributed by atoms with van der Waals surface area (Å²) in [6.45, 7) is 13.2. The highest BCUT2D eigenvalue weighted by Gasteiger charge is 2.44. The number of benzene rings is 2. The molecule has 3 rings (SSSR count). The summed E-state index contributed by atoms with van der Waals surface area (Å²) in [6, 6.07) is 20.0. The molecule has 0 saturated carbocycles. The molecule has 0 unspecified atom stereocenters. The molecular formula is C29H34O5. The van der Waals surface area contributed by atoms with Crippen LogP contribution in [0.15, 0.2) is 110 Å². The molecule has 1 aliphatic carbocycles. The van der Waals surface area contributed by atoms with Gasteiger partial charge in [0.05, 0.1) is 26.4 Å². The number of hydrogen-bond donors (Lipinski definition) is 0. The van der Waals surface area contributed by atoms with Crippen LogP contribution in [-0.2, 0) is 36.9 Å². The van der Waals surface area contributed by atoms with Crippen LogP contribution in [0, 0.1) is 0 Å². The predicted octanol–water partition coefficient (Wildman–Crippen LogP) is 5.40. The van der Waals surface area contributed by atoms with Gasteiger partial charge in [0.15, 0.2) is 0 Å². The molecule has 0 N–H and O–H groups in total. The number of rotatable bonds is 15. The number of ether oxygens (including phenoxy) is 5. The molecule has 0 aliphatic heterocycles. The van der Waals surface area contributed by atoms with E-state index >= 15 is 0 Å². The first kappa shape index (κ1) is 25.7. The van der Waals surface area contributed by atoms with Crippen molar-refractivity contribution in [3.63, 3.8) is 0 Å². The molecule has 0 saturated heterocycles. The Morgan fingerprint density at radius 2 is 1.18 bits per heavy atom. The molecule has 0 radical (unpaired) electrons. The van der Waals surface area contributed by atoms with Crippen molar-refractivity contribution in [2.24, 2.45) is 0 Å². The molecule has 34 heavy (non-hydrogen) atoms. The minimum atomic E-state index is -0.498. The molecule has 0 heterocycles. The molecule has 5 heteroatoms. The van der Waals surface area contributed by atoms with E-state index in [0.29, 0.717) is 38.8 Å². The van der Waals surface area contributed by atoms with E-state index in [1.165, 1.54) is 0 Å². The summed E-state index contributed by atoms with van der Waals surface area (Å²) in [5.41, 5.74) is 2.11. The van der Waals surface area contributed by atoms with Crippen molar-refractivity contribution in [1.29, 1.82) is 0 Å². The Balaban J connectivity index is 1.91. The van der Waals surface area contributed by atoms with Gasteiger partial charge < -0.3 is 23.7 Å². The third-order valence-corrected chi connectivity index (χ3v) is 5.29. The Morgan fingerprint density at radius 1 is 0.618 bits per heavy atom. The average Bonchev–Trinajstić information content (AvgIpc) is 2.88. The Labute approximate surface area is 202 Å². The fourth-order valence-corrected chi connectivity index (χ4v) is 3.74. The van der Waals surface area contributed by atoms with Crippen LogP contribution in [0.2, 0.25) is 0 Å². The third kappa shape index (κ3) is 7.54. The van der Waals surface area contributed by atoms with Crippen LogP contribution < -0.4 is 0 Å². The molecule has 2 aromatic rings. The highest BCUT2D eigenvalue weighted by Crippen LogP contribution is 2.31. The van der Waals surface area contributed by atoms with Gasteiger partial charge in [0.2, 0.25) is 0 Å². The molecule has 1 aliphatic rings. The van der Waals surface area contributed by atoms with Crippen LogP contribution in [0.5, 0.6) is 0 Å². The van der Waals surface area contributed by atoms with Crippen LogP contribution in [0.3, 0.4) is 0 Å². The molecule has 2 aromatic carbocycles. The van der Waals surface area contributed by atoms with E-state index in [2.05, 4.69) is 19.7 Å². The van der Waals surface area contributed by atoms with Crippen molar-refractivity contribution >= 4 is 0 Å². The van der Waals surface area contributed by atoms with Crippen molar-refractivity contribution in [3.05, 3.63) is 122 Å². The molecule has 5 nitrogen and oxygen atoms in total. The van der Waals surface area contributed by atoms with E-state index in [1.54, 1.807) is 18.2 Å². The standard InChI is InChI=1S/C29H34O5/c1-4-17-30-25-20-26(31-18-5-2)28(33-21-23-13-9-7-10-14-23)29(27(25)32-19-6-3)34-22-24-15-11-8-12-16-24/h4-16,20,25,27-29H,1-3,17-19,21-22H2/t25-,27+,28+,29-/m1/s1. The second-order valence-electron chi connectivity index (χ2n) is 7.82. The molecule has 4 atom stereocenters. The Bertz CT molecular complexity index is 909. The second kappa shape index (κ2) is 14.3. The predicted molar refractivity (Wildman–Crippen MR) is 134 cm³/mol. The van der Waals surface area contributed by atoms with E-state index in [4.69, 9.17) is 23.7 Å². The highest BCUT2D eigenvalue weighted by molar-refractivity contribution is 5.19. The molecule has 0 spiro atoms. The van der Waals surface area contributed by atoms with Crippen LogP contribution in [0.4, 0.5) is 0 Å². The average molecular weight is 463 g/mol. The lowest BCUT2D eigenvalue weighted by Crippen LogP contribution is -2.53. The van der Waals surface area contributed by atoms with Crippen LogP contribution >= 0.6 is 0 Å². The fourth-order valence-electron chi connectivity index (χ4n) is 3.74. The van der Waals surface area contributed by atoms with Gasteiger partial charge in [0, 0.05) is 0 Å². The summed E-state index contributed by atoms with van der Waals surface area (Å²) in [5, 5.41) is 0. The van der Waals surface area contributed by atoms with Crippen molar-refractivity contribution in [1.82, 2.24) is 0 Å². The van der Waals surface area contributed by atoms with Gasteiger partial charge in [0.25, 0.3) is 0 Å². The van der Waals surface area contributed by atoms with Gasteiger partial charge in [-0.1, -0.05) is 85.5 Å². The molecule has 180 valence electrons. The molecule has 0 amide bonds. The van der Waals surface area contributed by atoms with Gasteiger partial charge in [-0.25, -0.2) is 0 Å². The lowest BCUT2D eigenvalue weighted by molar-refractivity contribution is -0.180. The van der Waals surface area contributed by atoms with Gasteiger partial charge in [0.1, 0.15) is 36.8 Å². The van der Waals surface area contributed by atoms with Crippen LogP contribution in [-0.4, -0.2) is 44.2 Å². The summed E-state index contributed by atoms with van der Waals surface area (Å²) in [4.78, 5) is 0. The maximum Gasteiger partial charge on any atom is 0.143 e. The van der Waals surface area contributed by atoms with Crippen molar-refractivity contribution in [2.45, 2.75) is 37.6 Å². The summed E-state index contributed by atoms with van der Waals surface area (Å²) >= 11 is 0. The Morgan fingerprint density at radius 3 is 1.76 bits per heavy atom. The van der Waals surface area contributed by atoms with Gasteiger partial charge in [-0.05, 0) is 17.2 Å². The number of hydrogen-bond acceptors (Lipinski definition) is 5. The topological polar surface area (TPSA) is 46.2 Å². The molecule has 0 bridgehead atoms. The zero-order valence-corrected chi connectivity index (χ0v) is 19.6. The molecule has 0 fully saturated rings. The zero-order valence-electron chi connectivity index (χ0n) is 19.6. The minimum Gasteiger partial charge on any atom is -0.491 e. The van der Waals surface area contributed by atoms with E-state index in [0.717, 1.165) is 11.1 Å². The lowest BCUT2D eigenvalue weighted by Gasteiger charge is -2.41. The van der Waals surface area contributed by atoms with E-state index in [9.17, 15) is 0 Å². The lowest BCUT2D eigenvalue weighted by atomic mass is 9.93. The summed E-state index contributed by atoms with van der Waals surface area (Å²) in [5.74, 6) is 0.640. The normalized spacial score (nSPS) is 21.9. The Hall–Kier alpha value is -2.96. The second-order valence-corrected chi connectivity index (χ2v) is 7.82. The van der Waals surface area contributed by atoms with Gasteiger partial charge in [-0.3, -0.25) is 0 Å². The largest absolute Gasteiger partial charge is 0.491 e. The van der Waals surface area contributed by atoms with Gasteiger partial charge in [-0.2, -0.15) is 0 Å². The maximum absolute atomic E-state index is 6.46. The summed E-state index contributed by atoms with van der Waals surface area (Å²) in [6.07, 6.45) is 5.22. The SMILES string of the molecule is C=CCOC1=C[C@@H](OCC=C)[C@H](OCC=C)[C@@H](OCc2ccccc2)[C@H]1OCc1ccccc1.